The summed E-state index contributed by atoms with van der Waals surface area (Å²) < 4.78 is 0. The fraction of sp³-hybridized carbons (Fsp3) is 0.0909. The van der Waals surface area contributed by atoms with Crippen LogP contribution in [0.5, 0.6) is 0 Å². The Kier molecular flexibility index (Phi) is 4.65. The molecular formula is C22H17ClN2O2. The third kappa shape index (κ3) is 3.71. The van der Waals surface area contributed by atoms with Gasteiger partial charge < -0.3 is 10.6 Å². The van der Waals surface area contributed by atoms with E-state index in [2.05, 4.69) is 22.8 Å². The molecule has 0 bridgehead atoms. The molecule has 5 heteroatoms. The van der Waals surface area contributed by atoms with Gasteiger partial charge in [-0.05, 0) is 34.9 Å². The molecule has 27 heavy (non-hydrogen) atoms. The van der Waals surface area contributed by atoms with Crippen molar-refractivity contribution in [2.75, 3.05) is 5.32 Å². The van der Waals surface area contributed by atoms with Gasteiger partial charge in [0.15, 0.2) is 0 Å². The molecule has 0 aromatic heterocycles. The van der Waals surface area contributed by atoms with Gasteiger partial charge in [0.05, 0.1) is 11.3 Å². The molecule has 0 saturated carbocycles. The Hall–Kier alpha value is -3.11. The number of nitrogens with one attached hydrogen (secondary N) is 2. The average Bonchev–Trinajstić information content (AvgIpc) is 2.80. The van der Waals surface area contributed by atoms with Crippen LogP contribution in [0.4, 0.5) is 5.69 Å². The normalized spacial score (nSPS) is 16.1. The third-order valence-corrected chi connectivity index (χ3v) is 4.84. The largest absolute Gasteiger partial charge is 0.340 e. The van der Waals surface area contributed by atoms with Crippen LogP contribution in [0.25, 0.3) is 11.1 Å². The molecule has 1 atom stereocenters. The van der Waals surface area contributed by atoms with E-state index in [1.54, 1.807) is 18.2 Å². The molecule has 0 aliphatic carbocycles. The van der Waals surface area contributed by atoms with Crippen LogP contribution < -0.4 is 10.6 Å². The number of benzene rings is 3. The fourth-order valence-electron chi connectivity index (χ4n) is 3.18. The molecule has 1 heterocycles. The predicted molar refractivity (Wildman–Crippen MR) is 107 cm³/mol. The lowest BCUT2D eigenvalue weighted by atomic mass is 10.0. The first-order valence-corrected chi connectivity index (χ1v) is 9.03. The highest BCUT2D eigenvalue weighted by Crippen LogP contribution is 2.24. The van der Waals surface area contributed by atoms with Crippen LogP contribution in [-0.2, 0) is 11.2 Å². The van der Waals surface area contributed by atoms with Crippen molar-refractivity contribution >= 4 is 29.1 Å². The van der Waals surface area contributed by atoms with Crippen LogP contribution in [0.2, 0.25) is 5.02 Å². The average molecular weight is 377 g/mol. The van der Waals surface area contributed by atoms with Crippen molar-refractivity contribution in [2.24, 2.45) is 0 Å². The van der Waals surface area contributed by atoms with Crippen molar-refractivity contribution in [3.05, 3.63) is 88.9 Å². The maximum absolute atomic E-state index is 12.5. The smallest absolute Gasteiger partial charge is 0.254 e. The quantitative estimate of drug-likeness (QED) is 0.716. The van der Waals surface area contributed by atoms with Crippen molar-refractivity contribution < 1.29 is 9.59 Å². The predicted octanol–water partition coefficient (Wildman–Crippen LogP) is 4.30. The summed E-state index contributed by atoms with van der Waals surface area (Å²) in [6.07, 6.45) is 0.411. The summed E-state index contributed by atoms with van der Waals surface area (Å²) in [7, 11) is 0. The number of hydrogen-bond acceptors (Lipinski definition) is 2. The van der Waals surface area contributed by atoms with Gasteiger partial charge >= 0.3 is 0 Å². The number of carbonyl (C=O) groups is 2. The lowest BCUT2D eigenvalue weighted by molar-refractivity contribution is -0.117. The van der Waals surface area contributed by atoms with Gasteiger partial charge in [0.1, 0.15) is 6.04 Å². The maximum Gasteiger partial charge on any atom is 0.254 e. The van der Waals surface area contributed by atoms with Crippen molar-refractivity contribution in [3.63, 3.8) is 0 Å². The van der Waals surface area contributed by atoms with E-state index in [9.17, 15) is 9.59 Å². The molecule has 0 radical (unpaired) electrons. The summed E-state index contributed by atoms with van der Waals surface area (Å²) in [5.41, 5.74) is 4.06. The standard InChI is InChI=1S/C22H17ClN2O2/c23-17-10-11-19-18(13-17)21(26)25-20(22(27)24-19)12-14-6-8-16(9-7-14)15-4-2-1-3-5-15/h1-11,13,20H,12H2,(H,24,27)(H,25,26). The van der Waals surface area contributed by atoms with Crippen molar-refractivity contribution in [2.45, 2.75) is 12.5 Å². The lowest BCUT2D eigenvalue weighted by Gasteiger charge is -2.15. The van der Waals surface area contributed by atoms with E-state index in [1.807, 2.05) is 42.5 Å². The Morgan fingerprint density at radius 3 is 2.30 bits per heavy atom. The summed E-state index contributed by atoms with van der Waals surface area (Å²) in [6, 6.07) is 22.3. The first-order chi connectivity index (χ1) is 13.1. The number of fused-ring (bicyclic) bond motifs is 1. The van der Waals surface area contributed by atoms with Gasteiger partial charge in [-0.1, -0.05) is 66.2 Å². The molecule has 4 rings (SSSR count). The molecule has 1 aliphatic rings. The van der Waals surface area contributed by atoms with E-state index < -0.39 is 6.04 Å². The molecule has 3 aromatic rings. The Morgan fingerprint density at radius 1 is 0.852 bits per heavy atom. The summed E-state index contributed by atoms with van der Waals surface area (Å²) in [6.45, 7) is 0. The van der Waals surface area contributed by atoms with Crippen LogP contribution in [0, 0.1) is 0 Å². The third-order valence-electron chi connectivity index (χ3n) is 4.61. The first-order valence-electron chi connectivity index (χ1n) is 8.66. The van der Waals surface area contributed by atoms with E-state index in [-0.39, 0.29) is 11.8 Å². The molecule has 0 saturated heterocycles. The lowest BCUT2D eigenvalue weighted by Crippen LogP contribution is -2.42. The fourth-order valence-corrected chi connectivity index (χ4v) is 3.35. The highest BCUT2D eigenvalue weighted by atomic mass is 35.5. The van der Waals surface area contributed by atoms with E-state index in [1.165, 1.54) is 0 Å². The van der Waals surface area contributed by atoms with Crippen molar-refractivity contribution in [1.29, 1.82) is 0 Å². The van der Waals surface area contributed by atoms with Gasteiger partial charge in [-0.2, -0.15) is 0 Å². The Bertz CT molecular complexity index is 1000. The van der Waals surface area contributed by atoms with Gasteiger partial charge in [-0.15, -0.1) is 0 Å². The minimum atomic E-state index is -0.647. The number of halogens is 1. The minimum absolute atomic E-state index is 0.239. The number of anilines is 1. The SMILES string of the molecule is O=C1NC(Cc2ccc(-c3ccccc3)cc2)C(=O)Nc2ccc(Cl)cc21. The van der Waals surface area contributed by atoms with Crippen LogP contribution in [0.3, 0.4) is 0 Å². The zero-order valence-electron chi connectivity index (χ0n) is 14.4. The topological polar surface area (TPSA) is 58.2 Å². The monoisotopic (exact) mass is 376 g/mol. The molecule has 0 fully saturated rings. The zero-order valence-corrected chi connectivity index (χ0v) is 15.2. The zero-order chi connectivity index (χ0) is 18.8. The second-order valence-corrected chi connectivity index (χ2v) is 6.91. The van der Waals surface area contributed by atoms with Gasteiger partial charge in [0, 0.05) is 11.4 Å². The highest BCUT2D eigenvalue weighted by Gasteiger charge is 2.28. The van der Waals surface area contributed by atoms with Gasteiger partial charge in [0.2, 0.25) is 5.91 Å². The minimum Gasteiger partial charge on any atom is -0.340 e. The van der Waals surface area contributed by atoms with Gasteiger partial charge in [0.25, 0.3) is 5.91 Å². The highest BCUT2D eigenvalue weighted by molar-refractivity contribution is 6.31. The molecule has 0 spiro atoms. The molecule has 4 nitrogen and oxygen atoms in total. The van der Waals surface area contributed by atoms with Crippen LogP contribution in [0.1, 0.15) is 15.9 Å². The maximum atomic E-state index is 12.5. The summed E-state index contributed by atoms with van der Waals surface area (Å²) in [5, 5.41) is 6.06. The van der Waals surface area contributed by atoms with E-state index in [4.69, 9.17) is 11.6 Å². The number of carbonyl (C=O) groups excluding carboxylic acids is 2. The Balaban J connectivity index is 1.53. The van der Waals surface area contributed by atoms with Crippen molar-refractivity contribution in [1.82, 2.24) is 5.32 Å². The Morgan fingerprint density at radius 2 is 1.56 bits per heavy atom. The van der Waals surface area contributed by atoms with Crippen LogP contribution >= 0.6 is 11.6 Å². The van der Waals surface area contributed by atoms with Gasteiger partial charge in [-0.25, -0.2) is 0 Å². The van der Waals surface area contributed by atoms with E-state index in [0.29, 0.717) is 22.7 Å². The van der Waals surface area contributed by atoms with E-state index in [0.717, 1.165) is 16.7 Å². The molecule has 3 aromatic carbocycles. The van der Waals surface area contributed by atoms with Crippen LogP contribution in [0.15, 0.2) is 72.8 Å². The van der Waals surface area contributed by atoms with E-state index >= 15 is 0 Å². The molecule has 134 valence electrons. The molecule has 2 N–H and O–H groups in total. The second kappa shape index (κ2) is 7.25. The molecule has 2 amide bonds. The number of rotatable bonds is 3. The van der Waals surface area contributed by atoms with Crippen molar-refractivity contribution in [3.8, 4) is 11.1 Å². The molecular weight excluding hydrogens is 360 g/mol. The number of hydrogen-bond donors (Lipinski definition) is 2. The first kappa shape index (κ1) is 17.3. The molecule has 1 aliphatic heterocycles. The second-order valence-electron chi connectivity index (χ2n) is 6.47. The summed E-state index contributed by atoms with van der Waals surface area (Å²) in [4.78, 5) is 25.0. The number of amides is 2. The summed E-state index contributed by atoms with van der Waals surface area (Å²) in [5.74, 6) is -0.548. The van der Waals surface area contributed by atoms with Crippen LogP contribution in [-0.4, -0.2) is 17.9 Å². The Labute approximate surface area is 162 Å². The summed E-state index contributed by atoms with van der Waals surface area (Å²) >= 11 is 5.97. The van der Waals surface area contributed by atoms with Gasteiger partial charge in [-0.3, -0.25) is 9.59 Å². The molecule has 1 unspecified atom stereocenters.